The van der Waals surface area contributed by atoms with E-state index >= 15 is 0 Å². The minimum absolute atomic E-state index is 0.123. The van der Waals surface area contributed by atoms with E-state index in [2.05, 4.69) is 6.58 Å². The second-order valence-corrected chi connectivity index (χ2v) is 3.26. The first-order valence-electron chi connectivity index (χ1n) is 3.78. The van der Waals surface area contributed by atoms with E-state index < -0.39 is 0 Å². The predicted molar refractivity (Wildman–Crippen MR) is 53.3 cm³/mol. The van der Waals surface area contributed by atoms with Gasteiger partial charge >= 0.3 is 0 Å². The zero-order valence-electron chi connectivity index (χ0n) is 7.05. The zero-order valence-corrected chi connectivity index (χ0v) is 7.81. The van der Waals surface area contributed by atoms with E-state index in [4.69, 9.17) is 17.3 Å². The average molecular weight is 182 g/mol. The first kappa shape index (κ1) is 9.30. The summed E-state index contributed by atoms with van der Waals surface area (Å²) in [6, 6.07) is 5.65. The molecule has 64 valence electrons. The molecule has 12 heavy (non-hydrogen) atoms. The van der Waals surface area contributed by atoms with Crippen LogP contribution >= 0.6 is 11.6 Å². The van der Waals surface area contributed by atoms with Gasteiger partial charge in [-0.3, -0.25) is 0 Å². The summed E-state index contributed by atoms with van der Waals surface area (Å²) in [6.07, 6.45) is 1.70. The first-order chi connectivity index (χ1) is 5.63. The van der Waals surface area contributed by atoms with Crippen LogP contribution in [-0.4, -0.2) is 0 Å². The molecule has 1 atom stereocenters. The second-order valence-electron chi connectivity index (χ2n) is 2.82. The Bertz CT molecular complexity index is 274. The molecule has 0 unspecified atom stereocenters. The molecular formula is C10H12ClN. The van der Waals surface area contributed by atoms with E-state index in [9.17, 15) is 0 Å². The summed E-state index contributed by atoms with van der Waals surface area (Å²) in [5.74, 6) is 0. The molecule has 0 aromatic heterocycles. The van der Waals surface area contributed by atoms with Crippen LogP contribution in [-0.2, 0) is 0 Å². The van der Waals surface area contributed by atoms with Gasteiger partial charge < -0.3 is 5.73 Å². The minimum atomic E-state index is -0.123. The summed E-state index contributed by atoms with van der Waals surface area (Å²) in [5, 5.41) is 0.724. The van der Waals surface area contributed by atoms with Gasteiger partial charge in [-0.1, -0.05) is 23.7 Å². The van der Waals surface area contributed by atoms with Gasteiger partial charge in [0.15, 0.2) is 0 Å². The minimum Gasteiger partial charge on any atom is -0.321 e. The van der Waals surface area contributed by atoms with Crippen molar-refractivity contribution in [3.63, 3.8) is 0 Å². The molecule has 2 N–H and O–H groups in total. The van der Waals surface area contributed by atoms with E-state index in [1.54, 1.807) is 6.08 Å². The van der Waals surface area contributed by atoms with Crippen molar-refractivity contribution in [2.45, 2.75) is 13.0 Å². The largest absolute Gasteiger partial charge is 0.321 e. The van der Waals surface area contributed by atoms with E-state index in [-0.39, 0.29) is 6.04 Å². The van der Waals surface area contributed by atoms with Gasteiger partial charge in [0.05, 0.1) is 0 Å². The SMILES string of the molecule is C=C[C@@H](N)c1cc(C)cc(Cl)c1. The molecular weight excluding hydrogens is 170 g/mol. The molecule has 0 heterocycles. The Morgan fingerprint density at radius 2 is 2.17 bits per heavy atom. The van der Waals surface area contributed by atoms with Crippen molar-refractivity contribution in [1.29, 1.82) is 0 Å². The Labute approximate surface area is 77.8 Å². The van der Waals surface area contributed by atoms with Gasteiger partial charge in [-0.25, -0.2) is 0 Å². The molecule has 0 saturated heterocycles. The molecule has 1 nitrogen and oxygen atoms in total. The number of nitrogens with two attached hydrogens (primary N) is 1. The molecule has 1 aromatic carbocycles. The summed E-state index contributed by atoms with van der Waals surface area (Å²) in [5.41, 5.74) is 7.88. The van der Waals surface area contributed by atoms with Crippen molar-refractivity contribution < 1.29 is 0 Å². The molecule has 1 aromatic rings. The van der Waals surface area contributed by atoms with Crippen LogP contribution in [0.15, 0.2) is 30.9 Å². The average Bonchev–Trinajstić information content (AvgIpc) is 2.01. The van der Waals surface area contributed by atoms with Gasteiger partial charge in [-0.2, -0.15) is 0 Å². The second kappa shape index (κ2) is 3.74. The van der Waals surface area contributed by atoms with E-state index in [0.717, 1.165) is 16.1 Å². The smallest absolute Gasteiger partial charge is 0.0479 e. The molecule has 0 aliphatic rings. The van der Waals surface area contributed by atoms with Crippen molar-refractivity contribution in [2.24, 2.45) is 5.73 Å². The van der Waals surface area contributed by atoms with Gasteiger partial charge in [-0.15, -0.1) is 6.58 Å². The molecule has 0 aliphatic heterocycles. The lowest BCUT2D eigenvalue weighted by atomic mass is 10.1. The Morgan fingerprint density at radius 1 is 1.50 bits per heavy atom. The fraction of sp³-hybridized carbons (Fsp3) is 0.200. The maximum atomic E-state index is 5.86. The number of benzene rings is 1. The lowest BCUT2D eigenvalue weighted by molar-refractivity contribution is 0.912. The van der Waals surface area contributed by atoms with Crippen LogP contribution in [0.2, 0.25) is 5.02 Å². The van der Waals surface area contributed by atoms with Gasteiger partial charge in [0.1, 0.15) is 0 Å². The van der Waals surface area contributed by atoms with Crippen LogP contribution in [0.3, 0.4) is 0 Å². The van der Waals surface area contributed by atoms with Gasteiger partial charge in [-0.05, 0) is 30.2 Å². The standard InChI is InChI=1S/C10H12ClN/c1-3-10(12)8-4-7(2)5-9(11)6-8/h3-6,10H,1,12H2,2H3/t10-/m1/s1. The summed E-state index contributed by atoms with van der Waals surface area (Å²) in [6.45, 7) is 5.62. The molecule has 0 fully saturated rings. The topological polar surface area (TPSA) is 26.0 Å². The number of rotatable bonds is 2. The lowest BCUT2D eigenvalue weighted by Gasteiger charge is -2.07. The third kappa shape index (κ3) is 2.10. The summed E-state index contributed by atoms with van der Waals surface area (Å²) in [7, 11) is 0. The lowest BCUT2D eigenvalue weighted by Crippen LogP contribution is -2.06. The molecule has 0 amide bonds. The molecule has 2 heteroatoms. The van der Waals surface area contributed by atoms with Crippen LogP contribution in [0.1, 0.15) is 17.2 Å². The Balaban J connectivity index is 3.08. The number of halogens is 1. The van der Waals surface area contributed by atoms with Crippen LogP contribution in [0.5, 0.6) is 0 Å². The highest BCUT2D eigenvalue weighted by Crippen LogP contribution is 2.19. The fourth-order valence-electron chi connectivity index (χ4n) is 1.09. The molecule has 0 spiro atoms. The van der Waals surface area contributed by atoms with E-state index in [0.29, 0.717) is 0 Å². The van der Waals surface area contributed by atoms with Gasteiger partial charge in [0, 0.05) is 11.1 Å². The fourth-order valence-corrected chi connectivity index (χ4v) is 1.39. The van der Waals surface area contributed by atoms with E-state index in [1.165, 1.54) is 0 Å². The third-order valence-corrected chi connectivity index (χ3v) is 1.92. The monoisotopic (exact) mass is 181 g/mol. The molecule has 0 bridgehead atoms. The maximum absolute atomic E-state index is 5.86. The Morgan fingerprint density at radius 3 is 2.67 bits per heavy atom. The summed E-state index contributed by atoms with van der Waals surface area (Å²) in [4.78, 5) is 0. The molecule has 0 saturated carbocycles. The summed E-state index contributed by atoms with van der Waals surface area (Å²) < 4.78 is 0. The molecule has 0 radical (unpaired) electrons. The predicted octanol–water partition coefficient (Wildman–Crippen LogP) is 2.83. The normalized spacial score (nSPS) is 12.6. The molecule has 1 rings (SSSR count). The summed E-state index contributed by atoms with van der Waals surface area (Å²) >= 11 is 5.86. The van der Waals surface area contributed by atoms with Crippen LogP contribution in [0.25, 0.3) is 0 Å². The maximum Gasteiger partial charge on any atom is 0.0479 e. The van der Waals surface area contributed by atoms with Crippen molar-refractivity contribution in [2.75, 3.05) is 0 Å². The quantitative estimate of drug-likeness (QED) is 0.698. The van der Waals surface area contributed by atoms with Crippen molar-refractivity contribution in [3.8, 4) is 0 Å². The van der Waals surface area contributed by atoms with Crippen molar-refractivity contribution in [3.05, 3.63) is 47.0 Å². The van der Waals surface area contributed by atoms with Crippen LogP contribution < -0.4 is 5.73 Å². The van der Waals surface area contributed by atoms with Crippen LogP contribution in [0.4, 0.5) is 0 Å². The number of hydrogen-bond acceptors (Lipinski definition) is 1. The van der Waals surface area contributed by atoms with Gasteiger partial charge in [0.25, 0.3) is 0 Å². The third-order valence-electron chi connectivity index (χ3n) is 1.70. The van der Waals surface area contributed by atoms with Gasteiger partial charge in [0.2, 0.25) is 0 Å². The van der Waals surface area contributed by atoms with Crippen LogP contribution in [0, 0.1) is 6.92 Å². The highest BCUT2D eigenvalue weighted by molar-refractivity contribution is 6.30. The molecule has 0 aliphatic carbocycles. The first-order valence-corrected chi connectivity index (χ1v) is 4.16. The highest BCUT2D eigenvalue weighted by atomic mass is 35.5. The zero-order chi connectivity index (χ0) is 9.14. The Hall–Kier alpha value is -0.790. The van der Waals surface area contributed by atoms with Crippen molar-refractivity contribution in [1.82, 2.24) is 0 Å². The number of aryl methyl sites for hydroxylation is 1. The van der Waals surface area contributed by atoms with E-state index in [1.807, 2.05) is 25.1 Å². The Kier molecular flexibility index (Phi) is 2.90. The van der Waals surface area contributed by atoms with Crippen molar-refractivity contribution >= 4 is 11.6 Å². The number of hydrogen-bond donors (Lipinski definition) is 1. The highest BCUT2D eigenvalue weighted by Gasteiger charge is 2.02.